The second-order valence-electron chi connectivity index (χ2n) is 8.50. The zero-order chi connectivity index (χ0) is 22.5. The van der Waals surface area contributed by atoms with Crippen molar-refractivity contribution in [1.29, 1.82) is 0 Å². The highest BCUT2D eigenvalue weighted by Gasteiger charge is 2.25. The third kappa shape index (κ3) is 4.85. The van der Waals surface area contributed by atoms with Crippen molar-refractivity contribution in [3.8, 4) is 11.1 Å². The number of unbranched alkanes of at least 4 members (excludes halogenated alkanes) is 1. The molecule has 0 atom stereocenters. The van der Waals surface area contributed by atoms with Crippen LogP contribution in [0.15, 0.2) is 30.6 Å². The van der Waals surface area contributed by atoms with E-state index in [9.17, 15) is 4.79 Å². The van der Waals surface area contributed by atoms with Crippen molar-refractivity contribution in [3.05, 3.63) is 53.1 Å². The van der Waals surface area contributed by atoms with Gasteiger partial charge in [-0.3, -0.25) is 9.78 Å². The van der Waals surface area contributed by atoms with Crippen LogP contribution in [0.25, 0.3) is 16.6 Å². The first-order valence-electron chi connectivity index (χ1n) is 11.8. The Kier molecular flexibility index (Phi) is 7.20. The molecular weight excluding hydrogens is 402 g/mol. The minimum atomic E-state index is -0.126. The number of fused-ring (bicyclic) bond motifs is 1. The highest BCUT2D eigenvalue weighted by atomic mass is 16.5. The van der Waals surface area contributed by atoms with Crippen LogP contribution in [-0.2, 0) is 33.7 Å². The van der Waals surface area contributed by atoms with Crippen molar-refractivity contribution in [3.63, 3.8) is 0 Å². The fourth-order valence-electron chi connectivity index (χ4n) is 4.41. The van der Waals surface area contributed by atoms with E-state index in [0.717, 1.165) is 42.5 Å². The first-order valence-corrected chi connectivity index (χ1v) is 11.8. The van der Waals surface area contributed by atoms with Gasteiger partial charge in [0.1, 0.15) is 0 Å². The molecular formula is C26H33N3O3. The molecule has 0 unspecified atom stereocenters. The van der Waals surface area contributed by atoms with Crippen molar-refractivity contribution >= 4 is 11.5 Å². The number of ether oxygens (including phenoxy) is 2. The van der Waals surface area contributed by atoms with E-state index in [1.807, 2.05) is 19.3 Å². The van der Waals surface area contributed by atoms with Gasteiger partial charge < -0.3 is 9.47 Å². The van der Waals surface area contributed by atoms with Crippen molar-refractivity contribution < 1.29 is 14.3 Å². The molecule has 1 saturated carbocycles. The van der Waals surface area contributed by atoms with Crippen molar-refractivity contribution in [2.24, 2.45) is 0 Å². The number of carbonyl (C=O) groups is 1. The number of rotatable bonds is 11. The van der Waals surface area contributed by atoms with Crippen LogP contribution in [0, 0.1) is 0 Å². The van der Waals surface area contributed by atoms with Crippen LogP contribution in [0.1, 0.15) is 74.4 Å². The quantitative estimate of drug-likeness (QED) is 0.304. The summed E-state index contributed by atoms with van der Waals surface area (Å²) in [7, 11) is 1.71. The summed E-state index contributed by atoms with van der Waals surface area (Å²) >= 11 is 0. The van der Waals surface area contributed by atoms with Crippen LogP contribution in [0.2, 0.25) is 0 Å². The predicted octanol–water partition coefficient (Wildman–Crippen LogP) is 5.26. The average molecular weight is 436 g/mol. The molecule has 170 valence electrons. The molecule has 3 aromatic heterocycles. The number of methoxy groups -OCH3 is 1. The third-order valence-corrected chi connectivity index (χ3v) is 6.16. The second-order valence-corrected chi connectivity index (χ2v) is 8.50. The molecule has 0 bridgehead atoms. The normalized spacial score (nSPS) is 13.6. The molecule has 0 aromatic carbocycles. The van der Waals surface area contributed by atoms with Crippen LogP contribution in [0.3, 0.4) is 0 Å². The summed E-state index contributed by atoms with van der Waals surface area (Å²) in [5, 5.41) is 4.97. The van der Waals surface area contributed by atoms with E-state index in [1.54, 1.807) is 7.11 Å². The highest BCUT2D eigenvalue weighted by Crippen LogP contribution is 2.41. The maximum Gasteiger partial charge on any atom is 0.305 e. The Labute approximate surface area is 190 Å². The molecule has 1 fully saturated rings. The molecule has 4 rings (SSSR count). The molecule has 0 N–H and O–H groups in total. The fraction of sp³-hybridized carbons (Fsp3) is 0.500. The summed E-state index contributed by atoms with van der Waals surface area (Å²) in [6.07, 6.45) is 10.3. The lowest BCUT2D eigenvalue weighted by atomic mass is 9.94. The van der Waals surface area contributed by atoms with E-state index in [-0.39, 0.29) is 5.97 Å². The van der Waals surface area contributed by atoms with Crippen LogP contribution in [-0.4, -0.2) is 34.3 Å². The summed E-state index contributed by atoms with van der Waals surface area (Å²) in [6.45, 7) is 4.87. The van der Waals surface area contributed by atoms with Gasteiger partial charge in [0, 0.05) is 42.7 Å². The van der Waals surface area contributed by atoms with E-state index in [0.29, 0.717) is 25.6 Å². The number of carbonyl (C=O) groups excluding carboxylic acids is 1. The molecule has 6 heteroatoms. The molecule has 3 heterocycles. The average Bonchev–Trinajstić information content (AvgIpc) is 3.57. The van der Waals surface area contributed by atoms with Gasteiger partial charge in [0.05, 0.1) is 24.4 Å². The smallest absolute Gasteiger partial charge is 0.305 e. The third-order valence-electron chi connectivity index (χ3n) is 6.16. The van der Waals surface area contributed by atoms with E-state index < -0.39 is 0 Å². The number of aromatic nitrogens is 3. The van der Waals surface area contributed by atoms with E-state index in [4.69, 9.17) is 14.6 Å². The molecule has 0 radical (unpaired) electrons. The SMILES string of the molecule is CCOC(=O)CCCCc1c(COC)nn2c(CC)ccc2c1-c1cncc(C2CC2)c1. The summed E-state index contributed by atoms with van der Waals surface area (Å²) < 4.78 is 12.7. The standard InChI is InChI=1S/C26H33N3O3/c1-4-21-12-13-24-26(20-14-19(15-27-16-20)18-10-11-18)22(23(17-31-3)28-29(21)24)8-6-7-9-25(30)32-5-2/h12-16,18H,4-11,17H2,1-3H3. The van der Waals surface area contributed by atoms with Crippen LogP contribution < -0.4 is 0 Å². The van der Waals surface area contributed by atoms with Crippen molar-refractivity contribution in [2.75, 3.05) is 13.7 Å². The van der Waals surface area contributed by atoms with Crippen LogP contribution >= 0.6 is 0 Å². The zero-order valence-electron chi connectivity index (χ0n) is 19.4. The lowest BCUT2D eigenvalue weighted by Gasteiger charge is -2.17. The van der Waals surface area contributed by atoms with Gasteiger partial charge in [0.25, 0.3) is 0 Å². The van der Waals surface area contributed by atoms with Crippen molar-refractivity contribution in [1.82, 2.24) is 14.6 Å². The van der Waals surface area contributed by atoms with E-state index in [1.165, 1.54) is 35.2 Å². The van der Waals surface area contributed by atoms with Gasteiger partial charge in [-0.05, 0) is 80.7 Å². The maximum absolute atomic E-state index is 11.8. The number of nitrogens with zero attached hydrogens (tertiary/aromatic N) is 3. The molecule has 6 nitrogen and oxygen atoms in total. The Morgan fingerprint density at radius 3 is 2.75 bits per heavy atom. The topological polar surface area (TPSA) is 65.7 Å². The largest absolute Gasteiger partial charge is 0.466 e. The minimum Gasteiger partial charge on any atom is -0.466 e. The zero-order valence-corrected chi connectivity index (χ0v) is 19.4. The Balaban J connectivity index is 1.75. The van der Waals surface area contributed by atoms with Gasteiger partial charge in [0.15, 0.2) is 0 Å². The molecule has 0 amide bonds. The first-order chi connectivity index (χ1) is 15.7. The lowest BCUT2D eigenvalue weighted by molar-refractivity contribution is -0.143. The number of hydrogen-bond donors (Lipinski definition) is 0. The number of pyridine rings is 1. The predicted molar refractivity (Wildman–Crippen MR) is 125 cm³/mol. The van der Waals surface area contributed by atoms with E-state index in [2.05, 4.69) is 34.6 Å². The molecule has 1 aliphatic carbocycles. The summed E-state index contributed by atoms with van der Waals surface area (Å²) in [5.41, 5.74) is 8.09. The van der Waals surface area contributed by atoms with Gasteiger partial charge in [-0.25, -0.2) is 4.52 Å². The highest BCUT2D eigenvalue weighted by molar-refractivity contribution is 5.84. The van der Waals surface area contributed by atoms with Crippen LogP contribution in [0.4, 0.5) is 0 Å². The first kappa shape index (κ1) is 22.5. The maximum atomic E-state index is 11.8. The summed E-state index contributed by atoms with van der Waals surface area (Å²) in [6, 6.07) is 6.63. The number of aryl methyl sites for hydroxylation is 1. The van der Waals surface area contributed by atoms with Gasteiger partial charge in [-0.15, -0.1) is 0 Å². The lowest BCUT2D eigenvalue weighted by Crippen LogP contribution is -2.10. The minimum absolute atomic E-state index is 0.126. The molecule has 32 heavy (non-hydrogen) atoms. The molecule has 3 aromatic rings. The molecule has 0 aliphatic heterocycles. The van der Waals surface area contributed by atoms with Crippen LogP contribution in [0.5, 0.6) is 0 Å². The Hall–Kier alpha value is -2.73. The number of esters is 1. The fourth-order valence-corrected chi connectivity index (χ4v) is 4.41. The Bertz CT molecular complexity index is 1090. The van der Waals surface area contributed by atoms with Gasteiger partial charge in [-0.1, -0.05) is 6.92 Å². The number of hydrogen-bond acceptors (Lipinski definition) is 5. The van der Waals surface area contributed by atoms with Gasteiger partial charge in [0.2, 0.25) is 0 Å². The molecule has 1 aliphatic rings. The summed E-state index contributed by atoms with van der Waals surface area (Å²) in [4.78, 5) is 16.4. The van der Waals surface area contributed by atoms with Gasteiger partial charge in [-0.2, -0.15) is 5.10 Å². The van der Waals surface area contributed by atoms with E-state index >= 15 is 0 Å². The van der Waals surface area contributed by atoms with Crippen molar-refractivity contribution in [2.45, 2.75) is 71.3 Å². The Morgan fingerprint density at radius 1 is 1.19 bits per heavy atom. The van der Waals surface area contributed by atoms with Gasteiger partial charge >= 0.3 is 5.97 Å². The molecule has 0 saturated heterocycles. The molecule has 0 spiro atoms. The monoisotopic (exact) mass is 435 g/mol. The second kappa shape index (κ2) is 10.3. The summed E-state index contributed by atoms with van der Waals surface area (Å²) in [5.74, 6) is 0.517. The Morgan fingerprint density at radius 2 is 2.03 bits per heavy atom.